The molecule has 0 aromatic rings. The number of hydrogen-bond acceptors (Lipinski definition) is 3. The molecule has 4 aliphatic carbocycles. The van der Waals surface area contributed by atoms with Crippen LogP contribution >= 0.6 is 0 Å². The number of aliphatic hydroxyl groups excluding tert-OH is 1. The minimum absolute atomic E-state index is 0.0268. The van der Waals surface area contributed by atoms with Gasteiger partial charge >= 0.3 is 5.97 Å². The van der Waals surface area contributed by atoms with E-state index >= 15 is 0 Å². The van der Waals surface area contributed by atoms with Gasteiger partial charge < -0.3 is 9.84 Å². The van der Waals surface area contributed by atoms with Crippen molar-refractivity contribution in [2.24, 2.45) is 40.4 Å². The molecule has 3 nitrogen and oxygen atoms in total. The molecule has 1 heterocycles. The predicted octanol–water partition coefficient (Wildman–Crippen LogP) is 5.04. The zero-order valence-electron chi connectivity index (χ0n) is 17.7. The Bertz CT molecular complexity index is 723. The predicted molar refractivity (Wildman–Crippen MR) is 109 cm³/mol. The van der Waals surface area contributed by atoms with Crippen LogP contribution < -0.4 is 0 Å². The van der Waals surface area contributed by atoms with Crippen molar-refractivity contribution in [1.82, 2.24) is 0 Å². The number of carbonyl (C=O) groups is 1. The van der Waals surface area contributed by atoms with Crippen LogP contribution in [0.25, 0.3) is 0 Å². The highest BCUT2D eigenvalue weighted by Gasteiger charge is 2.59. The third-order valence-corrected chi connectivity index (χ3v) is 9.98. The summed E-state index contributed by atoms with van der Waals surface area (Å²) >= 11 is 0. The SMILES string of the molecule is C[C@@H]([C@H]1CC[C@H]2[C@@H]3CC=C4C[C@@H](O)CC[C@]4(C)[C@H]3CC[C@]12C)[C@H]1C=CC(=O)O1. The molecule has 5 aliphatic rings. The number of carbonyl (C=O) groups excluding carboxylic acids is 1. The zero-order chi connectivity index (χ0) is 19.7. The summed E-state index contributed by atoms with van der Waals surface area (Å²) < 4.78 is 5.58. The standard InChI is InChI=1S/C25H36O3/c1-15(22-8-9-23(27)28-22)19-6-7-20-18-5-4-16-14-17(26)10-12-24(16,2)21(18)11-13-25(19,20)3/h4,8-9,15,17-22,26H,5-7,10-14H2,1-3H3/t15-,17-,18-,19+,20-,21-,22+,24-,25+/m0/s1. The minimum atomic E-state index is -0.169. The highest BCUT2D eigenvalue weighted by molar-refractivity contribution is 5.84. The quantitative estimate of drug-likeness (QED) is 0.536. The summed E-state index contributed by atoms with van der Waals surface area (Å²) in [5.74, 6) is 3.26. The van der Waals surface area contributed by atoms with Crippen LogP contribution in [0.1, 0.15) is 72.1 Å². The number of fused-ring (bicyclic) bond motifs is 5. The van der Waals surface area contributed by atoms with E-state index in [9.17, 15) is 9.90 Å². The Morgan fingerprint density at radius 2 is 1.96 bits per heavy atom. The maximum Gasteiger partial charge on any atom is 0.331 e. The van der Waals surface area contributed by atoms with Gasteiger partial charge in [-0.25, -0.2) is 4.79 Å². The van der Waals surface area contributed by atoms with E-state index in [0.29, 0.717) is 22.7 Å². The molecule has 9 atom stereocenters. The largest absolute Gasteiger partial charge is 0.455 e. The average Bonchev–Trinajstić information content (AvgIpc) is 3.25. The molecule has 0 amide bonds. The average molecular weight is 385 g/mol. The van der Waals surface area contributed by atoms with Crippen molar-refractivity contribution >= 4 is 5.97 Å². The highest BCUT2D eigenvalue weighted by Crippen LogP contribution is 2.67. The number of cyclic esters (lactones) is 1. The maximum atomic E-state index is 11.6. The first-order chi connectivity index (χ1) is 13.3. The molecule has 0 aromatic heterocycles. The molecule has 3 saturated carbocycles. The van der Waals surface area contributed by atoms with E-state index < -0.39 is 0 Å². The fourth-order valence-electron chi connectivity index (χ4n) is 8.44. The van der Waals surface area contributed by atoms with Gasteiger partial charge in [0.05, 0.1) is 6.10 Å². The zero-order valence-corrected chi connectivity index (χ0v) is 17.7. The van der Waals surface area contributed by atoms with Crippen molar-refractivity contribution in [2.75, 3.05) is 0 Å². The van der Waals surface area contributed by atoms with Gasteiger partial charge in [0, 0.05) is 12.0 Å². The molecule has 0 bridgehead atoms. The maximum absolute atomic E-state index is 11.6. The molecule has 0 unspecified atom stereocenters. The first kappa shape index (κ1) is 18.9. The Kier molecular flexibility index (Phi) is 4.36. The van der Waals surface area contributed by atoms with Gasteiger partial charge in [-0.05, 0) is 91.9 Å². The molecule has 0 radical (unpaired) electrons. The van der Waals surface area contributed by atoms with Crippen LogP contribution in [0.3, 0.4) is 0 Å². The molecular weight excluding hydrogens is 348 g/mol. The molecule has 5 rings (SSSR count). The second kappa shape index (κ2) is 6.45. The van der Waals surface area contributed by atoms with E-state index in [1.165, 1.54) is 32.1 Å². The van der Waals surface area contributed by atoms with E-state index in [0.717, 1.165) is 37.0 Å². The summed E-state index contributed by atoms with van der Waals surface area (Å²) in [5.41, 5.74) is 2.25. The van der Waals surface area contributed by atoms with E-state index in [-0.39, 0.29) is 18.2 Å². The summed E-state index contributed by atoms with van der Waals surface area (Å²) in [4.78, 5) is 11.6. The van der Waals surface area contributed by atoms with E-state index in [1.807, 2.05) is 6.08 Å². The number of ether oxygens (including phenoxy) is 1. The summed E-state index contributed by atoms with van der Waals surface area (Å²) in [6.07, 6.45) is 15.5. The first-order valence-corrected chi connectivity index (χ1v) is 11.6. The van der Waals surface area contributed by atoms with Crippen LogP contribution in [0.5, 0.6) is 0 Å². The molecule has 0 saturated heterocycles. The fourth-order valence-corrected chi connectivity index (χ4v) is 8.44. The van der Waals surface area contributed by atoms with Gasteiger partial charge in [-0.2, -0.15) is 0 Å². The van der Waals surface area contributed by atoms with Crippen molar-refractivity contribution in [2.45, 2.75) is 84.3 Å². The first-order valence-electron chi connectivity index (χ1n) is 11.6. The molecule has 0 spiro atoms. The molecule has 1 aliphatic heterocycles. The molecule has 3 fully saturated rings. The lowest BCUT2D eigenvalue weighted by atomic mass is 9.47. The molecular formula is C25H36O3. The van der Waals surface area contributed by atoms with Gasteiger partial charge in [0.25, 0.3) is 0 Å². The minimum Gasteiger partial charge on any atom is -0.455 e. The lowest BCUT2D eigenvalue weighted by Crippen LogP contribution is -2.51. The van der Waals surface area contributed by atoms with Crippen molar-refractivity contribution in [3.8, 4) is 0 Å². The van der Waals surface area contributed by atoms with Crippen LogP contribution in [0.15, 0.2) is 23.8 Å². The van der Waals surface area contributed by atoms with Gasteiger partial charge in [-0.3, -0.25) is 0 Å². The summed E-state index contributed by atoms with van der Waals surface area (Å²) in [7, 11) is 0. The van der Waals surface area contributed by atoms with Crippen LogP contribution in [0.2, 0.25) is 0 Å². The molecule has 154 valence electrons. The normalized spacial score (nSPS) is 51.0. The van der Waals surface area contributed by atoms with Gasteiger partial charge in [-0.15, -0.1) is 0 Å². The number of rotatable bonds is 2. The van der Waals surface area contributed by atoms with Crippen LogP contribution in [0, 0.1) is 40.4 Å². The van der Waals surface area contributed by atoms with Gasteiger partial charge in [0.15, 0.2) is 0 Å². The number of hydrogen-bond donors (Lipinski definition) is 1. The van der Waals surface area contributed by atoms with Crippen LogP contribution in [-0.2, 0) is 9.53 Å². The topological polar surface area (TPSA) is 46.5 Å². The highest BCUT2D eigenvalue weighted by atomic mass is 16.5. The Balaban J connectivity index is 1.40. The lowest BCUT2D eigenvalue weighted by molar-refractivity contribution is -0.142. The molecule has 0 aromatic carbocycles. The van der Waals surface area contributed by atoms with Crippen LogP contribution in [-0.4, -0.2) is 23.3 Å². The Labute approximate surface area is 169 Å². The van der Waals surface area contributed by atoms with Crippen molar-refractivity contribution < 1.29 is 14.6 Å². The molecule has 28 heavy (non-hydrogen) atoms. The molecule has 3 heteroatoms. The monoisotopic (exact) mass is 384 g/mol. The van der Waals surface area contributed by atoms with Crippen molar-refractivity contribution in [1.29, 1.82) is 0 Å². The Morgan fingerprint density at radius 3 is 2.71 bits per heavy atom. The summed E-state index contributed by atoms with van der Waals surface area (Å²) in [6.45, 7) is 7.36. The Hall–Kier alpha value is -1.09. The van der Waals surface area contributed by atoms with Crippen molar-refractivity contribution in [3.05, 3.63) is 23.8 Å². The van der Waals surface area contributed by atoms with Crippen LogP contribution in [0.4, 0.5) is 0 Å². The fraction of sp³-hybridized carbons (Fsp3) is 0.800. The second-order valence-electron chi connectivity index (χ2n) is 11.0. The van der Waals surface area contributed by atoms with Gasteiger partial charge in [0.1, 0.15) is 6.10 Å². The van der Waals surface area contributed by atoms with E-state index in [2.05, 4.69) is 26.8 Å². The summed E-state index contributed by atoms with van der Waals surface area (Å²) in [5, 5.41) is 10.2. The smallest absolute Gasteiger partial charge is 0.331 e. The second-order valence-corrected chi connectivity index (χ2v) is 11.0. The third-order valence-electron chi connectivity index (χ3n) is 9.98. The van der Waals surface area contributed by atoms with Gasteiger partial charge in [-0.1, -0.05) is 32.4 Å². The number of allylic oxidation sites excluding steroid dienone is 1. The Morgan fingerprint density at radius 1 is 1.14 bits per heavy atom. The summed E-state index contributed by atoms with van der Waals surface area (Å²) in [6, 6.07) is 0. The van der Waals surface area contributed by atoms with Gasteiger partial charge in [0.2, 0.25) is 0 Å². The third kappa shape index (κ3) is 2.61. The number of esters is 1. The van der Waals surface area contributed by atoms with E-state index in [4.69, 9.17) is 4.74 Å². The van der Waals surface area contributed by atoms with Crippen molar-refractivity contribution in [3.63, 3.8) is 0 Å². The number of aliphatic hydroxyl groups is 1. The van der Waals surface area contributed by atoms with E-state index in [1.54, 1.807) is 11.6 Å². The molecule has 1 N–H and O–H groups in total. The lowest BCUT2D eigenvalue weighted by Gasteiger charge is -2.58.